The van der Waals surface area contributed by atoms with E-state index in [-0.39, 0.29) is 6.54 Å². The molecular formula is C19H22F3N5O. The van der Waals surface area contributed by atoms with Crippen LogP contribution in [-0.4, -0.2) is 60.4 Å². The molecule has 1 aromatic heterocycles. The molecule has 150 valence electrons. The van der Waals surface area contributed by atoms with Gasteiger partial charge in [-0.3, -0.25) is 4.90 Å². The summed E-state index contributed by atoms with van der Waals surface area (Å²) in [5, 5.41) is 0. The molecule has 3 heterocycles. The Morgan fingerprint density at radius 2 is 1.75 bits per heavy atom. The zero-order valence-corrected chi connectivity index (χ0v) is 15.4. The summed E-state index contributed by atoms with van der Waals surface area (Å²) < 4.78 is 44.0. The molecule has 4 rings (SSSR count). The van der Waals surface area contributed by atoms with Gasteiger partial charge in [-0.05, 0) is 30.7 Å². The molecule has 0 amide bonds. The number of aromatic nitrogens is 2. The second kappa shape index (κ2) is 7.56. The summed E-state index contributed by atoms with van der Waals surface area (Å²) in [6.07, 6.45) is -3.72. The maximum atomic E-state index is 12.9. The number of benzene rings is 1. The molecule has 9 heteroatoms. The van der Waals surface area contributed by atoms with Gasteiger partial charge in [-0.15, -0.1) is 0 Å². The lowest BCUT2D eigenvalue weighted by atomic mass is 10.0. The Balaban J connectivity index is 1.72. The van der Waals surface area contributed by atoms with Gasteiger partial charge in [0, 0.05) is 43.0 Å². The molecule has 0 atom stereocenters. The van der Waals surface area contributed by atoms with E-state index in [0.717, 1.165) is 16.9 Å². The molecule has 0 saturated carbocycles. The average molecular weight is 393 g/mol. The molecule has 28 heavy (non-hydrogen) atoms. The van der Waals surface area contributed by atoms with Crippen molar-refractivity contribution in [3.63, 3.8) is 0 Å². The van der Waals surface area contributed by atoms with Gasteiger partial charge in [0.25, 0.3) is 0 Å². The van der Waals surface area contributed by atoms with Crippen molar-refractivity contribution in [3.8, 4) is 11.4 Å². The van der Waals surface area contributed by atoms with E-state index >= 15 is 0 Å². The van der Waals surface area contributed by atoms with E-state index in [2.05, 4.69) is 9.88 Å². The van der Waals surface area contributed by atoms with Gasteiger partial charge in [0.15, 0.2) is 5.82 Å². The Morgan fingerprint density at radius 3 is 2.43 bits per heavy atom. The number of rotatable bonds is 3. The fourth-order valence-corrected chi connectivity index (χ4v) is 3.65. The fraction of sp³-hybridized carbons (Fsp3) is 0.474. The van der Waals surface area contributed by atoms with E-state index < -0.39 is 12.7 Å². The molecule has 6 nitrogen and oxygen atoms in total. The zero-order valence-electron chi connectivity index (χ0n) is 15.4. The van der Waals surface area contributed by atoms with Crippen molar-refractivity contribution in [3.05, 3.63) is 35.5 Å². The van der Waals surface area contributed by atoms with E-state index in [1.54, 1.807) is 12.1 Å². The highest BCUT2D eigenvalue weighted by Gasteiger charge is 2.34. The second-order valence-electron chi connectivity index (χ2n) is 7.09. The predicted octanol–water partition coefficient (Wildman–Crippen LogP) is 2.48. The molecule has 2 aliphatic heterocycles. The van der Waals surface area contributed by atoms with Gasteiger partial charge in [-0.1, -0.05) is 0 Å². The fourth-order valence-electron chi connectivity index (χ4n) is 3.65. The lowest BCUT2D eigenvalue weighted by Gasteiger charge is -2.34. The van der Waals surface area contributed by atoms with E-state index in [0.29, 0.717) is 56.5 Å². The van der Waals surface area contributed by atoms with Gasteiger partial charge in [-0.2, -0.15) is 13.2 Å². The summed E-state index contributed by atoms with van der Waals surface area (Å²) >= 11 is 0. The Bertz CT molecular complexity index is 835. The summed E-state index contributed by atoms with van der Waals surface area (Å²) in [5.41, 5.74) is 8.79. The Kier molecular flexibility index (Phi) is 5.11. The smallest absolute Gasteiger partial charge is 0.399 e. The topological polar surface area (TPSA) is 67.5 Å². The van der Waals surface area contributed by atoms with Crippen LogP contribution < -0.4 is 10.6 Å². The van der Waals surface area contributed by atoms with Gasteiger partial charge in [-0.25, -0.2) is 9.97 Å². The number of morpholine rings is 1. The van der Waals surface area contributed by atoms with E-state index in [9.17, 15) is 13.2 Å². The average Bonchev–Trinajstić information content (AvgIpc) is 2.67. The molecule has 2 N–H and O–H groups in total. The monoisotopic (exact) mass is 393 g/mol. The van der Waals surface area contributed by atoms with Crippen LogP contribution in [0.3, 0.4) is 0 Å². The van der Waals surface area contributed by atoms with Crippen LogP contribution in [0.1, 0.15) is 11.3 Å². The maximum Gasteiger partial charge on any atom is 0.401 e. The highest BCUT2D eigenvalue weighted by atomic mass is 19.4. The third-order valence-corrected chi connectivity index (χ3v) is 5.00. The van der Waals surface area contributed by atoms with Gasteiger partial charge in [0.2, 0.25) is 0 Å². The van der Waals surface area contributed by atoms with E-state index in [1.807, 2.05) is 12.1 Å². The second-order valence-corrected chi connectivity index (χ2v) is 7.09. The number of fused-ring (bicyclic) bond motifs is 1. The van der Waals surface area contributed by atoms with Crippen LogP contribution in [0.25, 0.3) is 11.4 Å². The summed E-state index contributed by atoms with van der Waals surface area (Å²) in [7, 11) is 0. The maximum absolute atomic E-state index is 12.9. The van der Waals surface area contributed by atoms with Crippen LogP contribution in [0.5, 0.6) is 0 Å². The number of halogens is 3. The highest BCUT2D eigenvalue weighted by molar-refractivity contribution is 5.63. The molecule has 0 aliphatic carbocycles. The number of ether oxygens (including phenoxy) is 1. The number of hydrogen-bond donors (Lipinski definition) is 1. The first-order valence-electron chi connectivity index (χ1n) is 9.26. The van der Waals surface area contributed by atoms with Crippen molar-refractivity contribution in [1.82, 2.24) is 14.9 Å². The van der Waals surface area contributed by atoms with Crippen molar-refractivity contribution in [2.75, 3.05) is 50.0 Å². The molecular weight excluding hydrogens is 371 g/mol. The molecule has 1 fully saturated rings. The highest BCUT2D eigenvalue weighted by Crippen LogP contribution is 2.31. The van der Waals surface area contributed by atoms with Crippen LogP contribution in [0, 0.1) is 0 Å². The molecule has 2 aliphatic rings. The van der Waals surface area contributed by atoms with Crippen molar-refractivity contribution >= 4 is 11.5 Å². The largest absolute Gasteiger partial charge is 0.401 e. The lowest BCUT2D eigenvalue weighted by molar-refractivity contribution is -0.147. The van der Waals surface area contributed by atoms with Gasteiger partial charge in [0.05, 0.1) is 25.5 Å². The van der Waals surface area contributed by atoms with Crippen LogP contribution in [0.4, 0.5) is 24.7 Å². The molecule has 1 aromatic carbocycles. The number of nitrogens with zero attached hydrogens (tertiary/aromatic N) is 4. The first kappa shape index (κ1) is 18.9. The van der Waals surface area contributed by atoms with Crippen molar-refractivity contribution in [1.29, 1.82) is 0 Å². The quantitative estimate of drug-likeness (QED) is 0.809. The van der Waals surface area contributed by atoms with Gasteiger partial charge in [0.1, 0.15) is 5.82 Å². The van der Waals surface area contributed by atoms with Crippen LogP contribution in [0.15, 0.2) is 24.3 Å². The Morgan fingerprint density at radius 1 is 1.04 bits per heavy atom. The van der Waals surface area contributed by atoms with Gasteiger partial charge >= 0.3 is 6.18 Å². The molecule has 2 aromatic rings. The number of hydrogen-bond acceptors (Lipinski definition) is 6. The molecule has 0 unspecified atom stereocenters. The lowest BCUT2D eigenvalue weighted by Crippen LogP contribution is -2.41. The summed E-state index contributed by atoms with van der Waals surface area (Å²) in [4.78, 5) is 13.0. The minimum absolute atomic E-state index is 0.163. The van der Waals surface area contributed by atoms with E-state index in [4.69, 9.17) is 15.5 Å². The van der Waals surface area contributed by atoms with Crippen molar-refractivity contribution in [2.24, 2.45) is 0 Å². The van der Waals surface area contributed by atoms with E-state index in [1.165, 1.54) is 4.90 Å². The third-order valence-electron chi connectivity index (χ3n) is 5.00. The first-order chi connectivity index (χ1) is 13.4. The first-order valence-corrected chi connectivity index (χ1v) is 9.26. The summed E-state index contributed by atoms with van der Waals surface area (Å²) in [5.74, 6) is 1.32. The number of nitrogens with two attached hydrogens (primary N) is 1. The minimum Gasteiger partial charge on any atom is -0.399 e. The molecule has 0 spiro atoms. The molecule has 0 radical (unpaired) electrons. The van der Waals surface area contributed by atoms with Crippen molar-refractivity contribution in [2.45, 2.75) is 19.1 Å². The number of alkyl halides is 3. The van der Waals surface area contributed by atoms with Gasteiger partial charge < -0.3 is 15.4 Å². The minimum atomic E-state index is -4.22. The Hall–Kier alpha value is -2.39. The van der Waals surface area contributed by atoms with Crippen LogP contribution >= 0.6 is 0 Å². The SMILES string of the molecule is Nc1ccc(-c2nc3c(c(N4CCOCC4)n2)CCN(CC(F)(F)F)C3)cc1. The third kappa shape index (κ3) is 4.20. The van der Waals surface area contributed by atoms with Crippen LogP contribution in [-0.2, 0) is 17.7 Å². The number of nitrogen functional groups attached to an aromatic ring is 1. The van der Waals surface area contributed by atoms with Crippen molar-refractivity contribution < 1.29 is 17.9 Å². The zero-order chi connectivity index (χ0) is 19.7. The Labute approximate surface area is 161 Å². The standard InChI is InChI=1S/C19H22F3N5O/c20-19(21,22)12-26-6-5-15-16(11-26)24-17(13-1-3-14(23)4-2-13)25-18(15)27-7-9-28-10-8-27/h1-4H,5-12,23H2. The number of anilines is 2. The van der Waals surface area contributed by atoms with Crippen LogP contribution in [0.2, 0.25) is 0 Å². The molecule has 1 saturated heterocycles. The predicted molar refractivity (Wildman–Crippen MR) is 99.9 cm³/mol. The molecule has 0 bridgehead atoms. The summed E-state index contributed by atoms with van der Waals surface area (Å²) in [6, 6.07) is 7.19. The summed E-state index contributed by atoms with van der Waals surface area (Å²) in [6.45, 7) is 2.20. The normalized spacial score (nSPS) is 18.2.